The SMILES string of the molecule is [N-]=[N+]=Nn1c(N)nc2[nH]cnc2c1=O. The Kier molecular flexibility index (Phi) is 1.58. The van der Waals surface area contributed by atoms with Crippen molar-refractivity contribution in [2.75, 3.05) is 5.73 Å². The Hall–Kier alpha value is -2.54. The first-order valence-electron chi connectivity index (χ1n) is 3.51. The number of aromatic nitrogens is 4. The number of nitrogens with one attached hydrogen (secondary N) is 1. The maximum atomic E-state index is 11.5. The second kappa shape index (κ2) is 2.75. The van der Waals surface area contributed by atoms with Gasteiger partial charge in [-0.2, -0.15) is 9.90 Å². The molecule has 14 heavy (non-hydrogen) atoms. The van der Waals surface area contributed by atoms with Gasteiger partial charge in [-0.3, -0.25) is 0 Å². The van der Waals surface area contributed by atoms with Gasteiger partial charge in [-0.1, -0.05) is 0 Å². The number of nitrogens with zero attached hydrogens (tertiary/aromatic N) is 6. The molecule has 0 spiro atoms. The molecule has 70 valence electrons. The van der Waals surface area contributed by atoms with Crippen molar-refractivity contribution in [1.29, 1.82) is 0 Å². The highest BCUT2D eigenvalue weighted by Crippen LogP contribution is 2.03. The second-order valence-electron chi connectivity index (χ2n) is 2.37. The van der Waals surface area contributed by atoms with Crippen LogP contribution in [0.5, 0.6) is 0 Å². The fourth-order valence-corrected chi connectivity index (χ4v) is 1.02. The van der Waals surface area contributed by atoms with Crippen molar-refractivity contribution in [2.24, 2.45) is 5.22 Å². The van der Waals surface area contributed by atoms with Crippen LogP contribution in [0.4, 0.5) is 5.95 Å². The van der Waals surface area contributed by atoms with Crippen LogP contribution in [0.2, 0.25) is 0 Å². The lowest BCUT2D eigenvalue weighted by Crippen LogP contribution is -2.20. The first kappa shape index (κ1) is 8.08. The predicted molar refractivity (Wildman–Crippen MR) is 47.1 cm³/mol. The molecule has 2 aromatic heterocycles. The van der Waals surface area contributed by atoms with Crippen molar-refractivity contribution < 1.29 is 0 Å². The summed E-state index contributed by atoms with van der Waals surface area (Å²) in [7, 11) is 0. The molecule has 0 unspecified atom stereocenters. The molecular formula is C5H4N8O. The molecule has 0 aliphatic carbocycles. The minimum Gasteiger partial charge on any atom is -0.349 e. The van der Waals surface area contributed by atoms with Crippen LogP contribution in [0.1, 0.15) is 0 Å². The maximum absolute atomic E-state index is 11.5. The number of imidazole rings is 1. The van der Waals surface area contributed by atoms with Crippen molar-refractivity contribution in [1.82, 2.24) is 19.6 Å². The number of anilines is 1. The van der Waals surface area contributed by atoms with Gasteiger partial charge in [-0.15, -0.1) is 10.2 Å². The number of azide groups is 1. The highest BCUT2D eigenvalue weighted by Gasteiger charge is 2.13. The highest BCUT2D eigenvalue weighted by atomic mass is 16.1. The van der Waals surface area contributed by atoms with Crippen LogP contribution < -0.4 is 11.3 Å². The molecule has 0 aliphatic heterocycles. The molecule has 2 aromatic rings. The lowest BCUT2D eigenvalue weighted by atomic mass is 10.5. The van der Waals surface area contributed by atoms with Gasteiger partial charge < -0.3 is 10.7 Å². The number of rotatable bonds is 1. The molecule has 0 atom stereocenters. The summed E-state index contributed by atoms with van der Waals surface area (Å²) in [6.07, 6.45) is 1.30. The van der Waals surface area contributed by atoms with Gasteiger partial charge in [-0.05, 0) is 5.22 Å². The van der Waals surface area contributed by atoms with Crippen LogP contribution in [0.25, 0.3) is 21.6 Å². The van der Waals surface area contributed by atoms with Crippen LogP contribution >= 0.6 is 0 Å². The standard InChI is InChI=1S/C5H4N8O/c6-5-10-3-2(8-1-9-3)4(14)13(5)12-11-7/h1H,(H2,6,10)(H,8,9). The zero-order valence-corrected chi connectivity index (χ0v) is 6.75. The summed E-state index contributed by atoms with van der Waals surface area (Å²) < 4.78 is 0.642. The number of H-pyrrole nitrogens is 1. The number of nitrogen functional groups attached to an aromatic ring is 1. The van der Waals surface area contributed by atoms with E-state index in [2.05, 4.69) is 25.1 Å². The van der Waals surface area contributed by atoms with E-state index in [9.17, 15) is 4.79 Å². The fourth-order valence-electron chi connectivity index (χ4n) is 1.02. The van der Waals surface area contributed by atoms with Crippen molar-refractivity contribution in [3.63, 3.8) is 0 Å². The van der Waals surface area contributed by atoms with E-state index >= 15 is 0 Å². The molecule has 2 heterocycles. The molecule has 0 radical (unpaired) electrons. The van der Waals surface area contributed by atoms with Crippen LogP contribution in [0.15, 0.2) is 16.3 Å². The Morgan fingerprint density at radius 2 is 2.50 bits per heavy atom. The third kappa shape index (κ3) is 0.967. The van der Waals surface area contributed by atoms with E-state index in [1.165, 1.54) is 6.33 Å². The average Bonchev–Trinajstić information content (AvgIpc) is 2.60. The molecule has 2 rings (SSSR count). The number of aromatic amines is 1. The quantitative estimate of drug-likeness (QED) is 0.366. The second-order valence-corrected chi connectivity index (χ2v) is 2.37. The Labute approximate surface area is 75.8 Å². The average molecular weight is 192 g/mol. The third-order valence-electron chi connectivity index (χ3n) is 1.59. The lowest BCUT2D eigenvalue weighted by molar-refractivity contribution is 0.813. The molecule has 9 nitrogen and oxygen atoms in total. The molecule has 0 fully saturated rings. The largest absolute Gasteiger partial charge is 0.374 e. The fraction of sp³-hybridized carbons (Fsp3) is 0. The minimum atomic E-state index is -0.605. The molecule has 0 saturated carbocycles. The van der Waals surface area contributed by atoms with E-state index in [-0.39, 0.29) is 17.1 Å². The van der Waals surface area contributed by atoms with E-state index in [4.69, 9.17) is 11.3 Å². The number of fused-ring (bicyclic) bond motifs is 1. The van der Waals surface area contributed by atoms with E-state index in [1.54, 1.807) is 0 Å². The van der Waals surface area contributed by atoms with Gasteiger partial charge in [0.15, 0.2) is 11.2 Å². The van der Waals surface area contributed by atoms with Gasteiger partial charge >= 0.3 is 11.5 Å². The molecule has 3 N–H and O–H groups in total. The molecular weight excluding hydrogens is 188 g/mol. The molecule has 0 aromatic carbocycles. The zero-order valence-electron chi connectivity index (χ0n) is 6.75. The van der Waals surface area contributed by atoms with Crippen LogP contribution in [0.3, 0.4) is 0 Å². The summed E-state index contributed by atoms with van der Waals surface area (Å²) >= 11 is 0. The molecule has 0 aliphatic rings. The van der Waals surface area contributed by atoms with Gasteiger partial charge in [0.2, 0.25) is 0 Å². The first-order chi connectivity index (χ1) is 6.74. The highest BCUT2D eigenvalue weighted by molar-refractivity contribution is 5.69. The van der Waals surface area contributed by atoms with Gasteiger partial charge in [-0.25, -0.2) is 9.78 Å². The van der Waals surface area contributed by atoms with Gasteiger partial charge in [0.1, 0.15) is 0 Å². The summed E-state index contributed by atoms with van der Waals surface area (Å²) in [5.41, 5.74) is 13.3. The van der Waals surface area contributed by atoms with Crippen molar-refractivity contribution in [2.45, 2.75) is 0 Å². The van der Waals surface area contributed by atoms with E-state index in [1.807, 2.05) is 0 Å². The number of hydrogen-bond donors (Lipinski definition) is 2. The predicted octanol–water partition coefficient (Wildman–Crippen LogP) is -0.225. The first-order valence-corrected chi connectivity index (χ1v) is 3.51. The Morgan fingerprint density at radius 3 is 3.21 bits per heavy atom. The number of nitrogens with two attached hydrogens (primary N) is 1. The van der Waals surface area contributed by atoms with Crippen molar-refractivity contribution >= 4 is 17.1 Å². The molecule has 9 heteroatoms. The molecule has 0 saturated heterocycles. The maximum Gasteiger partial charge on any atom is 0.374 e. The summed E-state index contributed by atoms with van der Waals surface area (Å²) in [5.74, 6) is -0.190. The Morgan fingerprint density at radius 1 is 1.71 bits per heavy atom. The van der Waals surface area contributed by atoms with E-state index < -0.39 is 5.56 Å². The summed E-state index contributed by atoms with van der Waals surface area (Å²) in [6, 6.07) is 0. The topological polar surface area (TPSA) is 138 Å². The normalized spacial score (nSPS) is 10.0. The summed E-state index contributed by atoms with van der Waals surface area (Å²) in [5, 5.41) is 3.08. The number of hydrogen-bond acceptors (Lipinski definition) is 5. The summed E-state index contributed by atoms with van der Waals surface area (Å²) in [6.45, 7) is 0. The van der Waals surface area contributed by atoms with E-state index in [0.29, 0.717) is 4.68 Å². The monoisotopic (exact) mass is 192 g/mol. The zero-order chi connectivity index (χ0) is 10.1. The molecule has 0 bridgehead atoms. The Bertz CT molecular complexity index is 587. The molecule has 0 amide bonds. The third-order valence-corrected chi connectivity index (χ3v) is 1.59. The summed E-state index contributed by atoms with van der Waals surface area (Å²) in [4.78, 5) is 24.0. The van der Waals surface area contributed by atoms with Gasteiger partial charge in [0.25, 0.3) is 0 Å². The lowest BCUT2D eigenvalue weighted by Gasteiger charge is -1.94. The van der Waals surface area contributed by atoms with Crippen molar-refractivity contribution in [3.8, 4) is 0 Å². The van der Waals surface area contributed by atoms with Crippen LogP contribution in [-0.4, -0.2) is 19.6 Å². The minimum absolute atomic E-state index is 0.0756. The van der Waals surface area contributed by atoms with Gasteiger partial charge in [0, 0.05) is 0 Å². The van der Waals surface area contributed by atoms with Crippen molar-refractivity contribution in [3.05, 3.63) is 27.1 Å². The Balaban J connectivity index is 2.96. The van der Waals surface area contributed by atoms with E-state index in [0.717, 1.165) is 0 Å². The van der Waals surface area contributed by atoms with Crippen LogP contribution in [0, 0.1) is 0 Å². The smallest absolute Gasteiger partial charge is 0.349 e. The van der Waals surface area contributed by atoms with Crippen LogP contribution in [-0.2, 0) is 0 Å². The van der Waals surface area contributed by atoms with Gasteiger partial charge in [0.05, 0.1) is 6.33 Å².